The number of amides is 4. The van der Waals surface area contributed by atoms with E-state index >= 15 is 0 Å². The standard InChI is InChI=1S/C13H24N4O4/c1-3-5-6-14-11(19)7-16-13(21)9-17-12(20)8-15-10(18)4-2/h3-9H2,1-2H3,(H,14,19)(H,15,18)(H,16,21)(H,17,20). The van der Waals surface area contributed by atoms with Crippen molar-refractivity contribution < 1.29 is 19.2 Å². The summed E-state index contributed by atoms with van der Waals surface area (Å²) in [7, 11) is 0. The van der Waals surface area contributed by atoms with E-state index in [4.69, 9.17) is 0 Å². The van der Waals surface area contributed by atoms with E-state index in [2.05, 4.69) is 21.3 Å². The summed E-state index contributed by atoms with van der Waals surface area (Å²) < 4.78 is 0. The van der Waals surface area contributed by atoms with Crippen molar-refractivity contribution in [1.82, 2.24) is 21.3 Å². The van der Waals surface area contributed by atoms with Gasteiger partial charge in [0.05, 0.1) is 19.6 Å². The van der Waals surface area contributed by atoms with Crippen LogP contribution in [0.25, 0.3) is 0 Å². The summed E-state index contributed by atoms with van der Waals surface area (Å²) >= 11 is 0. The third-order valence-electron chi connectivity index (χ3n) is 2.51. The molecule has 0 atom stereocenters. The fourth-order valence-electron chi connectivity index (χ4n) is 1.25. The molecule has 0 saturated carbocycles. The second-order valence-electron chi connectivity index (χ2n) is 4.39. The Bertz CT molecular complexity index is 371. The topological polar surface area (TPSA) is 116 Å². The number of nitrogens with one attached hydrogen (secondary N) is 4. The van der Waals surface area contributed by atoms with Crippen LogP contribution < -0.4 is 21.3 Å². The number of rotatable bonds is 10. The first-order valence-electron chi connectivity index (χ1n) is 7.06. The Hall–Kier alpha value is -2.12. The lowest BCUT2D eigenvalue weighted by atomic mass is 10.3. The Balaban J connectivity index is 3.68. The molecule has 120 valence electrons. The molecule has 0 aromatic carbocycles. The van der Waals surface area contributed by atoms with E-state index in [1.165, 1.54) is 0 Å². The molecule has 0 saturated heterocycles. The molecule has 0 aliphatic carbocycles. The van der Waals surface area contributed by atoms with Gasteiger partial charge in [0.1, 0.15) is 0 Å². The molecule has 0 rings (SSSR count). The highest BCUT2D eigenvalue weighted by atomic mass is 16.2. The van der Waals surface area contributed by atoms with Gasteiger partial charge in [-0.3, -0.25) is 19.2 Å². The molecule has 0 fully saturated rings. The first-order chi connectivity index (χ1) is 9.99. The van der Waals surface area contributed by atoms with Crippen LogP contribution in [0.2, 0.25) is 0 Å². The number of hydrogen-bond acceptors (Lipinski definition) is 4. The smallest absolute Gasteiger partial charge is 0.239 e. The molecule has 8 nitrogen and oxygen atoms in total. The van der Waals surface area contributed by atoms with Crippen molar-refractivity contribution in [2.45, 2.75) is 33.1 Å². The molecule has 0 unspecified atom stereocenters. The number of carbonyl (C=O) groups is 4. The summed E-state index contributed by atoms with van der Waals surface area (Å²) in [6.07, 6.45) is 2.16. The van der Waals surface area contributed by atoms with Crippen LogP contribution in [0.1, 0.15) is 33.1 Å². The minimum Gasteiger partial charge on any atom is -0.355 e. The Morgan fingerprint density at radius 3 is 1.52 bits per heavy atom. The van der Waals surface area contributed by atoms with E-state index in [0.717, 1.165) is 12.8 Å². The van der Waals surface area contributed by atoms with Crippen LogP contribution in [-0.4, -0.2) is 49.8 Å². The Morgan fingerprint density at radius 1 is 0.667 bits per heavy atom. The van der Waals surface area contributed by atoms with Crippen LogP contribution in [0.15, 0.2) is 0 Å². The van der Waals surface area contributed by atoms with Gasteiger partial charge in [-0.1, -0.05) is 20.3 Å². The zero-order valence-electron chi connectivity index (χ0n) is 12.6. The predicted molar refractivity (Wildman–Crippen MR) is 77.2 cm³/mol. The molecule has 0 radical (unpaired) electrons. The van der Waals surface area contributed by atoms with E-state index < -0.39 is 11.8 Å². The van der Waals surface area contributed by atoms with Crippen molar-refractivity contribution in [2.75, 3.05) is 26.2 Å². The molecule has 21 heavy (non-hydrogen) atoms. The summed E-state index contributed by atoms with van der Waals surface area (Å²) in [6, 6.07) is 0. The van der Waals surface area contributed by atoms with Gasteiger partial charge in [-0.05, 0) is 6.42 Å². The highest BCUT2D eigenvalue weighted by Crippen LogP contribution is 1.81. The van der Waals surface area contributed by atoms with Crippen LogP contribution in [0.5, 0.6) is 0 Å². The average molecular weight is 300 g/mol. The Labute approximate surface area is 124 Å². The first kappa shape index (κ1) is 18.9. The summed E-state index contributed by atoms with van der Waals surface area (Å²) in [5.41, 5.74) is 0. The van der Waals surface area contributed by atoms with Crippen molar-refractivity contribution in [2.24, 2.45) is 0 Å². The molecule has 4 amide bonds. The average Bonchev–Trinajstić information content (AvgIpc) is 2.48. The fraction of sp³-hybridized carbons (Fsp3) is 0.692. The normalized spacial score (nSPS) is 9.62. The van der Waals surface area contributed by atoms with Gasteiger partial charge in [-0.2, -0.15) is 0 Å². The minimum absolute atomic E-state index is 0.120. The summed E-state index contributed by atoms with van der Waals surface area (Å²) in [5, 5.41) is 9.77. The highest BCUT2D eigenvalue weighted by molar-refractivity contribution is 5.89. The quantitative estimate of drug-likeness (QED) is 0.374. The van der Waals surface area contributed by atoms with Gasteiger partial charge in [0, 0.05) is 13.0 Å². The number of unbranched alkanes of at least 4 members (excludes halogenated alkanes) is 1. The largest absolute Gasteiger partial charge is 0.355 e. The van der Waals surface area contributed by atoms with Crippen molar-refractivity contribution in [3.63, 3.8) is 0 Å². The van der Waals surface area contributed by atoms with E-state index in [1.807, 2.05) is 6.92 Å². The van der Waals surface area contributed by atoms with Gasteiger partial charge in [-0.15, -0.1) is 0 Å². The van der Waals surface area contributed by atoms with Crippen molar-refractivity contribution >= 4 is 23.6 Å². The Kier molecular flexibility index (Phi) is 10.5. The second-order valence-corrected chi connectivity index (χ2v) is 4.39. The molecule has 0 heterocycles. The maximum atomic E-state index is 11.4. The molecular weight excluding hydrogens is 276 g/mol. The molecule has 4 N–H and O–H groups in total. The molecule has 0 spiro atoms. The maximum Gasteiger partial charge on any atom is 0.239 e. The highest BCUT2D eigenvalue weighted by Gasteiger charge is 2.08. The van der Waals surface area contributed by atoms with Crippen LogP contribution in [-0.2, 0) is 19.2 Å². The summed E-state index contributed by atoms with van der Waals surface area (Å²) in [5.74, 6) is -1.42. The molecule has 0 aromatic rings. The van der Waals surface area contributed by atoms with E-state index in [-0.39, 0.29) is 31.4 Å². The minimum atomic E-state index is -0.462. The maximum absolute atomic E-state index is 11.4. The van der Waals surface area contributed by atoms with Gasteiger partial charge in [0.15, 0.2) is 0 Å². The van der Waals surface area contributed by atoms with Gasteiger partial charge < -0.3 is 21.3 Å². The van der Waals surface area contributed by atoms with Gasteiger partial charge in [0.25, 0.3) is 0 Å². The second kappa shape index (κ2) is 11.7. The van der Waals surface area contributed by atoms with E-state index in [0.29, 0.717) is 13.0 Å². The zero-order valence-corrected chi connectivity index (χ0v) is 12.6. The third kappa shape index (κ3) is 11.4. The molecule has 0 aromatic heterocycles. The molecular formula is C13H24N4O4. The molecule has 0 aliphatic rings. The summed E-state index contributed by atoms with van der Waals surface area (Å²) in [4.78, 5) is 44.9. The lowest BCUT2D eigenvalue weighted by Crippen LogP contribution is -2.44. The fourth-order valence-corrected chi connectivity index (χ4v) is 1.25. The van der Waals surface area contributed by atoms with E-state index in [9.17, 15) is 19.2 Å². The summed E-state index contributed by atoms with van der Waals surface area (Å²) in [6.45, 7) is 3.75. The SMILES string of the molecule is CCCCNC(=O)CNC(=O)CNC(=O)CNC(=O)CC. The van der Waals surface area contributed by atoms with Crippen molar-refractivity contribution in [3.8, 4) is 0 Å². The van der Waals surface area contributed by atoms with Crippen LogP contribution in [0.4, 0.5) is 0 Å². The zero-order chi connectivity index (χ0) is 16.1. The Morgan fingerprint density at radius 2 is 1.10 bits per heavy atom. The van der Waals surface area contributed by atoms with Crippen LogP contribution in [0, 0.1) is 0 Å². The van der Waals surface area contributed by atoms with Gasteiger partial charge in [-0.25, -0.2) is 0 Å². The number of carbonyl (C=O) groups excluding carboxylic acids is 4. The predicted octanol–water partition coefficient (Wildman–Crippen LogP) is -1.34. The van der Waals surface area contributed by atoms with E-state index in [1.54, 1.807) is 6.92 Å². The van der Waals surface area contributed by atoms with Crippen LogP contribution in [0.3, 0.4) is 0 Å². The van der Waals surface area contributed by atoms with Gasteiger partial charge >= 0.3 is 0 Å². The molecule has 0 aliphatic heterocycles. The lowest BCUT2D eigenvalue weighted by molar-refractivity contribution is -0.128. The molecule has 0 bridgehead atoms. The van der Waals surface area contributed by atoms with Crippen LogP contribution >= 0.6 is 0 Å². The van der Waals surface area contributed by atoms with Gasteiger partial charge in [0.2, 0.25) is 23.6 Å². The monoisotopic (exact) mass is 300 g/mol. The third-order valence-corrected chi connectivity index (χ3v) is 2.51. The number of hydrogen-bond donors (Lipinski definition) is 4. The van der Waals surface area contributed by atoms with Crippen molar-refractivity contribution in [1.29, 1.82) is 0 Å². The molecule has 8 heteroatoms. The van der Waals surface area contributed by atoms with Crippen molar-refractivity contribution in [3.05, 3.63) is 0 Å². The lowest BCUT2D eigenvalue weighted by Gasteiger charge is -2.08. The first-order valence-corrected chi connectivity index (χ1v) is 7.06.